The van der Waals surface area contributed by atoms with E-state index in [1.165, 1.54) is 5.69 Å². The van der Waals surface area contributed by atoms with Crippen molar-refractivity contribution in [2.24, 2.45) is 13.0 Å². The first-order valence-corrected chi connectivity index (χ1v) is 6.19. The molecule has 2 heterocycles. The lowest BCUT2D eigenvalue weighted by atomic mass is 10.2. The van der Waals surface area contributed by atoms with Crippen LogP contribution in [0.2, 0.25) is 0 Å². The highest BCUT2D eigenvalue weighted by Gasteiger charge is 2.06. The van der Waals surface area contributed by atoms with Crippen LogP contribution in [0.15, 0.2) is 18.9 Å². The van der Waals surface area contributed by atoms with Crippen molar-refractivity contribution < 1.29 is 0 Å². The zero-order valence-electron chi connectivity index (χ0n) is 11.2. The van der Waals surface area contributed by atoms with Crippen LogP contribution in [0.25, 0.3) is 0 Å². The van der Waals surface area contributed by atoms with Gasteiger partial charge in [-0.3, -0.25) is 0 Å². The van der Waals surface area contributed by atoms with E-state index in [2.05, 4.69) is 38.9 Å². The van der Waals surface area contributed by atoms with Crippen molar-refractivity contribution in [1.29, 1.82) is 0 Å². The van der Waals surface area contributed by atoms with E-state index in [4.69, 9.17) is 0 Å². The van der Waals surface area contributed by atoms with Crippen molar-refractivity contribution in [2.45, 2.75) is 26.9 Å². The average molecular weight is 248 g/mol. The quantitative estimate of drug-likeness (QED) is 0.821. The van der Waals surface area contributed by atoms with Crippen LogP contribution in [0.5, 0.6) is 0 Å². The fraction of sp³-hybridized carbons (Fsp3) is 0.583. The smallest absolute Gasteiger partial charge is 0.152 e. The molecule has 0 fully saturated rings. The maximum Gasteiger partial charge on any atom is 0.152 e. The molecule has 0 saturated heterocycles. The van der Waals surface area contributed by atoms with Gasteiger partial charge in [-0.05, 0) is 12.5 Å². The van der Waals surface area contributed by atoms with E-state index in [-0.39, 0.29) is 0 Å². The molecule has 2 aromatic rings. The van der Waals surface area contributed by atoms with Crippen molar-refractivity contribution >= 4 is 0 Å². The molecule has 6 nitrogen and oxygen atoms in total. The second-order valence-corrected chi connectivity index (χ2v) is 4.90. The molecule has 2 rings (SSSR count). The molecule has 0 saturated carbocycles. The SMILES string of the molecule is CC(C)CNCc1cncn1Cc1nncn1C. The normalized spacial score (nSPS) is 11.3. The minimum Gasteiger partial charge on any atom is -0.326 e. The molecule has 0 amide bonds. The fourth-order valence-electron chi connectivity index (χ4n) is 1.73. The highest BCUT2D eigenvalue weighted by atomic mass is 15.3. The van der Waals surface area contributed by atoms with E-state index in [1.807, 2.05) is 24.1 Å². The monoisotopic (exact) mass is 248 g/mol. The van der Waals surface area contributed by atoms with Gasteiger partial charge in [0.2, 0.25) is 0 Å². The molecular weight excluding hydrogens is 228 g/mol. The van der Waals surface area contributed by atoms with Crippen LogP contribution in [0, 0.1) is 5.92 Å². The van der Waals surface area contributed by atoms with Gasteiger partial charge in [-0.15, -0.1) is 10.2 Å². The first-order chi connectivity index (χ1) is 8.66. The number of aromatic nitrogens is 5. The van der Waals surface area contributed by atoms with E-state index < -0.39 is 0 Å². The summed E-state index contributed by atoms with van der Waals surface area (Å²) in [4.78, 5) is 4.20. The number of aryl methyl sites for hydroxylation is 1. The summed E-state index contributed by atoms with van der Waals surface area (Å²) in [5.74, 6) is 1.58. The van der Waals surface area contributed by atoms with Crippen LogP contribution in [0.4, 0.5) is 0 Å². The standard InChI is InChI=1S/C12H20N6/c1-10(2)4-13-5-11-6-14-8-18(11)7-12-16-15-9-17(12)3/h6,8-10,13H,4-5,7H2,1-3H3. The molecule has 0 unspecified atom stereocenters. The lowest BCUT2D eigenvalue weighted by Crippen LogP contribution is -2.21. The Balaban J connectivity index is 1.97. The lowest BCUT2D eigenvalue weighted by molar-refractivity contribution is 0.536. The molecule has 0 atom stereocenters. The van der Waals surface area contributed by atoms with Crippen LogP contribution in [-0.2, 0) is 20.1 Å². The minimum absolute atomic E-state index is 0.653. The third-order valence-corrected chi connectivity index (χ3v) is 2.77. The second-order valence-electron chi connectivity index (χ2n) is 4.90. The van der Waals surface area contributed by atoms with Crippen molar-refractivity contribution in [1.82, 2.24) is 29.6 Å². The average Bonchev–Trinajstić information content (AvgIpc) is 2.90. The summed E-state index contributed by atoms with van der Waals surface area (Å²) in [6, 6.07) is 0. The van der Waals surface area contributed by atoms with Crippen molar-refractivity contribution in [3.05, 3.63) is 30.4 Å². The van der Waals surface area contributed by atoms with Crippen LogP contribution in [0.1, 0.15) is 25.4 Å². The summed E-state index contributed by atoms with van der Waals surface area (Å²) in [5, 5.41) is 11.4. The Morgan fingerprint density at radius 1 is 1.33 bits per heavy atom. The summed E-state index contributed by atoms with van der Waals surface area (Å²) in [5.41, 5.74) is 1.17. The van der Waals surface area contributed by atoms with Gasteiger partial charge in [-0.1, -0.05) is 13.8 Å². The summed E-state index contributed by atoms with van der Waals surface area (Å²) >= 11 is 0. The van der Waals surface area contributed by atoms with Crippen LogP contribution < -0.4 is 5.32 Å². The topological polar surface area (TPSA) is 60.6 Å². The third kappa shape index (κ3) is 3.16. The van der Waals surface area contributed by atoms with Crippen LogP contribution in [-0.4, -0.2) is 30.9 Å². The highest BCUT2D eigenvalue weighted by molar-refractivity contribution is 5.01. The number of imidazole rings is 1. The molecule has 0 spiro atoms. The minimum atomic E-state index is 0.653. The van der Waals surface area contributed by atoms with Crippen LogP contribution >= 0.6 is 0 Å². The van der Waals surface area contributed by atoms with Crippen LogP contribution in [0.3, 0.4) is 0 Å². The van der Waals surface area contributed by atoms with E-state index >= 15 is 0 Å². The largest absolute Gasteiger partial charge is 0.326 e. The second kappa shape index (κ2) is 5.77. The Labute approximate surface area is 107 Å². The third-order valence-electron chi connectivity index (χ3n) is 2.77. The van der Waals surface area contributed by atoms with E-state index in [9.17, 15) is 0 Å². The molecule has 0 aliphatic rings. The maximum absolute atomic E-state index is 4.20. The Morgan fingerprint density at radius 2 is 2.17 bits per heavy atom. The van der Waals surface area contributed by atoms with E-state index in [1.54, 1.807) is 6.33 Å². The van der Waals surface area contributed by atoms with Gasteiger partial charge in [0.25, 0.3) is 0 Å². The number of nitrogens with zero attached hydrogens (tertiary/aromatic N) is 5. The first kappa shape index (κ1) is 12.8. The summed E-state index contributed by atoms with van der Waals surface area (Å²) in [6.07, 6.45) is 5.44. The molecule has 0 aliphatic carbocycles. The molecule has 1 N–H and O–H groups in total. The van der Waals surface area contributed by atoms with Gasteiger partial charge in [0.1, 0.15) is 6.33 Å². The summed E-state index contributed by atoms with van der Waals surface area (Å²) < 4.78 is 4.02. The van der Waals surface area contributed by atoms with Gasteiger partial charge < -0.3 is 14.5 Å². The number of nitrogens with one attached hydrogen (secondary N) is 1. The highest BCUT2D eigenvalue weighted by Crippen LogP contribution is 2.03. The lowest BCUT2D eigenvalue weighted by Gasteiger charge is -2.10. The molecule has 0 bridgehead atoms. The fourth-order valence-corrected chi connectivity index (χ4v) is 1.73. The van der Waals surface area contributed by atoms with Gasteiger partial charge in [0, 0.05) is 19.8 Å². The van der Waals surface area contributed by atoms with Gasteiger partial charge in [-0.25, -0.2) is 4.98 Å². The Hall–Kier alpha value is -1.69. The summed E-state index contributed by atoms with van der Waals surface area (Å²) in [7, 11) is 1.95. The van der Waals surface area contributed by atoms with Crippen molar-refractivity contribution in [3.8, 4) is 0 Å². The predicted molar refractivity (Wildman–Crippen MR) is 68.9 cm³/mol. The Kier molecular flexibility index (Phi) is 4.09. The molecule has 18 heavy (non-hydrogen) atoms. The molecule has 0 radical (unpaired) electrons. The van der Waals surface area contributed by atoms with Gasteiger partial charge >= 0.3 is 0 Å². The number of rotatable bonds is 6. The maximum atomic E-state index is 4.20. The molecule has 0 aromatic carbocycles. The number of hydrogen-bond donors (Lipinski definition) is 1. The van der Waals surface area contributed by atoms with Gasteiger partial charge in [0.15, 0.2) is 5.82 Å². The Bertz CT molecular complexity index is 484. The molecule has 0 aliphatic heterocycles. The first-order valence-electron chi connectivity index (χ1n) is 6.19. The number of hydrogen-bond acceptors (Lipinski definition) is 4. The van der Waals surface area contributed by atoms with Gasteiger partial charge in [-0.2, -0.15) is 0 Å². The molecule has 6 heteroatoms. The van der Waals surface area contributed by atoms with E-state index in [0.717, 1.165) is 18.9 Å². The van der Waals surface area contributed by atoms with Crippen molar-refractivity contribution in [2.75, 3.05) is 6.54 Å². The van der Waals surface area contributed by atoms with E-state index in [0.29, 0.717) is 12.5 Å². The Morgan fingerprint density at radius 3 is 2.83 bits per heavy atom. The zero-order valence-corrected chi connectivity index (χ0v) is 11.2. The summed E-state index contributed by atoms with van der Waals surface area (Å²) in [6.45, 7) is 6.94. The van der Waals surface area contributed by atoms with Gasteiger partial charge in [0.05, 0.1) is 18.6 Å². The molecule has 98 valence electrons. The zero-order chi connectivity index (χ0) is 13.0. The van der Waals surface area contributed by atoms with Crippen molar-refractivity contribution in [3.63, 3.8) is 0 Å². The molecule has 2 aromatic heterocycles. The molecular formula is C12H20N6. The predicted octanol–water partition coefficient (Wildman–Crippen LogP) is 0.805.